The van der Waals surface area contributed by atoms with E-state index in [2.05, 4.69) is 0 Å². The van der Waals surface area contributed by atoms with E-state index in [-0.39, 0.29) is 11.3 Å². The first-order valence-electron chi connectivity index (χ1n) is 10.0. The molecule has 1 heterocycles. The molecule has 1 atom stereocenters. The number of Topliss-reactive ketones (excluding diaryl/α,β-unsaturated/α-hetero) is 1. The van der Waals surface area contributed by atoms with Crippen LogP contribution in [-0.2, 0) is 9.59 Å². The Hall–Kier alpha value is -3.86. The van der Waals surface area contributed by atoms with Gasteiger partial charge in [0.15, 0.2) is 0 Å². The number of hydrogen-bond donors (Lipinski definition) is 1. The summed E-state index contributed by atoms with van der Waals surface area (Å²) in [7, 11) is 1.50. The number of benzene rings is 3. The molecule has 0 aliphatic carbocycles. The zero-order valence-corrected chi connectivity index (χ0v) is 17.6. The van der Waals surface area contributed by atoms with Crippen molar-refractivity contribution in [2.24, 2.45) is 0 Å². The molecule has 0 spiro atoms. The second-order valence-electron chi connectivity index (χ2n) is 7.51. The van der Waals surface area contributed by atoms with Gasteiger partial charge in [-0.3, -0.25) is 14.5 Å². The molecular formula is C26H23NO4. The summed E-state index contributed by atoms with van der Waals surface area (Å²) in [4.78, 5) is 28.0. The summed E-state index contributed by atoms with van der Waals surface area (Å²) in [6, 6.07) is 21.1. The largest absolute Gasteiger partial charge is 0.507 e. The summed E-state index contributed by atoms with van der Waals surface area (Å²) in [5, 5.41) is 11.3. The maximum Gasteiger partial charge on any atom is 0.300 e. The standard InChI is InChI=1S/C26H23NO4/c1-16-10-4-6-12-18(16)23-22(24(28)19-13-7-9-15-21(19)31-3)25(29)26(30)27(23)20-14-8-5-11-17(20)2/h4-15,23,28H,1-3H3/b24-22+. The van der Waals surface area contributed by atoms with E-state index in [0.717, 1.165) is 16.7 Å². The predicted octanol–water partition coefficient (Wildman–Crippen LogP) is 4.94. The van der Waals surface area contributed by atoms with Gasteiger partial charge < -0.3 is 9.84 Å². The van der Waals surface area contributed by atoms with Crippen molar-refractivity contribution in [2.45, 2.75) is 19.9 Å². The predicted molar refractivity (Wildman–Crippen MR) is 120 cm³/mol. The SMILES string of the molecule is COc1ccccc1/C(O)=C1\C(=O)C(=O)N(c2ccccc2C)C1c1ccccc1C. The second-order valence-corrected chi connectivity index (χ2v) is 7.51. The van der Waals surface area contributed by atoms with E-state index < -0.39 is 17.7 Å². The minimum atomic E-state index is -0.757. The second kappa shape index (κ2) is 8.11. The van der Waals surface area contributed by atoms with Crippen molar-refractivity contribution >= 4 is 23.1 Å². The lowest BCUT2D eigenvalue weighted by molar-refractivity contribution is -0.132. The molecule has 1 saturated heterocycles. The van der Waals surface area contributed by atoms with Gasteiger partial charge in [-0.25, -0.2) is 0 Å². The van der Waals surface area contributed by atoms with Crippen LogP contribution in [0.25, 0.3) is 5.76 Å². The van der Waals surface area contributed by atoms with Crippen molar-refractivity contribution in [1.82, 2.24) is 0 Å². The number of ketones is 1. The van der Waals surface area contributed by atoms with Crippen LogP contribution in [0.15, 0.2) is 78.4 Å². The number of carbonyl (C=O) groups excluding carboxylic acids is 2. The van der Waals surface area contributed by atoms with Gasteiger partial charge in [-0.2, -0.15) is 0 Å². The minimum absolute atomic E-state index is 0.0482. The number of nitrogens with zero attached hydrogens (tertiary/aromatic N) is 1. The Morgan fingerprint density at radius 3 is 2.16 bits per heavy atom. The van der Waals surface area contributed by atoms with Crippen molar-refractivity contribution < 1.29 is 19.4 Å². The van der Waals surface area contributed by atoms with Gasteiger partial charge in [-0.1, -0.05) is 54.6 Å². The number of aliphatic hydroxyl groups is 1. The Kier molecular flexibility index (Phi) is 5.34. The molecule has 4 rings (SSSR count). The van der Waals surface area contributed by atoms with E-state index in [0.29, 0.717) is 17.0 Å². The van der Waals surface area contributed by atoms with Crippen LogP contribution in [-0.4, -0.2) is 23.9 Å². The van der Waals surface area contributed by atoms with Crippen LogP contribution in [0.1, 0.15) is 28.3 Å². The van der Waals surface area contributed by atoms with Crippen LogP contribution < -0.4 is 9.64 Å². The summed E-state index contributed by atoms with van der Waals surface area (Å²) in [6.07, 6.45) is 0. The first-order chi connectivity index (χ1) is 15.0. The summed E-state index contributed by atoms with van der Waals surface area (Å²) in [5.74, 6) is -1.22. The Bertz CT molecular complexity index is 1210. The highest BCUT2D eigenvalue weighted by atomic mass is 16.5. The number of para-hydroxylation sites is 2. The first kappa shape index (κ1) is 20.4. The summed E-state index contributed by atoms with van der Waals surface area (Å²) in [6.45, 7) is 3.82. The van der Waals surface area contributed by atoms with Gasteiger partial charge in [0.2, 0.25) is 0 Å². The highest BCUT2D eigenvalue weighted by molar-refractivity contribution is 6.51. The fourth-order valence-electron chi connectivity index (χ4n) is 4.09. The van der Waals surface area contributed by atoms with Gasteiger partial charge in [0.1, 0.15) is 11.5 Å². The maximum absolute atomic E-state index is 13.3. The number of ether oxygens (including phenoxy) is 1. The van der Waals surface area contributed by atoms with Crippen LogP contribution in [0.4, 0.5) is 5.69 Å². The third-order valence-electron chi connectivity index (χ3n) is 5.66. The third-order valence-corrected chi connectivity index (χ3v) is 5.66. The van der Waals surface area contributed by atoms with Gasteiger partial charge in [0.05, 0.1) is 24.3 Å². The average Bonchev–Trinajstić information content (AvgIpc) is 3.04. The molecule has 1 fully saturated rings. The first-order valence-corrected chi connectivity index (χ1v) is 10.0. The highest BCUT2D eigenvalue weighted by Gasteiger charge is 2.47. The van der Waals surface area contributed by atoms with Crippen molar-refractivity contribution in [2.75, 3.05) is 12.0 Å². The lowest BCUT2D eigenvalue weighted by Gasteiger charge is -2.28. The number of amides is 1. The molecule has 3 aromatic carbocycles. The molecule has 31 heavy (non-hydrogen) atoms. The van der Waals surface area contributed by atoms with E-state index in [1.165, 1.54) is 12.0 Å². The number of aliphatic hydroxyl groups excluding tert-OH is 1. The molecule has 0 aromatic heterocycles. The monoisotopic (exact) mass is 413 g/mol. The molecule has 5 heteroatoms. The fourth-order valence-corrected chi connectivity index (χ4v) is 4.09. The zero-order chi connectivity index (χ0) is 22.1. The Morgan fingerprint density at radius 1 is 0.871 bits per heavy atom. The quantitative estimate of drug-likeness (QED) is 0.374. The van der Waals surface area contributed by atoms with E-state index in [4.69, 9.17) is 4.74 Å². The number of anilines is 1. The number of aryl methyl sites for hydroxylation is 2. The Labute approximate surface area is 181 Å². The normalized spacial score (nSPS) is 17.8. The fraction of sp³-hybridized carbons (Fsp3) is 0.154. The van der Waals surface area contributed by atoms with Crippen molar-refractivity contribution in [3.63, 3.8) is 0 Å². The van der Waals surface area contributed by atoms with Crippen LogP contribution in [0.2, 0.25) is 0 Å². The summed E-state index contributed by atoms with van der Waals surface area (Å²) >= 11 is 0. The molecule has 0 bridgehead atoms. The van der Waals surface area contributed by atoms with Gasteiger partial charge in [0.25, 0.3) is 11.7 Å². The van der Waals surface area contributed by atoms with E-state index in [9.17, 15) is 14.7 Å². The lowest BCUT2D eigenvalue weighted by Crippen LogP contribution is -2.30. The van der Waals surface area contributed by atoms with Crippen LogP contribution in [0, 0.1) is 13.8 Å². The van der Waals surface area contributed by atoms with Gasteiger partial charge >= 0.3 is 0 Å². The van der Waals surface area contributed by atoms with Crippen molar-refractivity contribution in [3.05, 3.63) is 101 Å². The van der Waals surface area contributed by atoms with Gasteiger partial charge in [-0.05, 0) is 48.7 Å². The molecule has 1 aliphatic rings. The van der Waals surface area contributed by atoms with Gasteiger partial charge in [0, 0.05) is 5.69 Å². The summed E-state index contributed by atoms with van der Waals surface area (Å²) in [5.41, 5.74) is 3.61. The van der Waals surface area contributed by atoms with E-state index >= 15 is 0 Å². The average molecular weight is 413 g/mol. The number of hydrogen-bond acceptors (Lipinski definition) is 4. The minimum Gasteiger partial charge on any atom is -0.507 e. The number of rotatable bonds is 4. The molecule has 0 saturated carbocycles. The molecule has 1 amide bonds. The van der Waals surface area contributed by atoms with Crippen LogP contribution in [0.5, 0.6) is 5.75 Å². The third kappa shape index (κ3) is 3.38. The smallest absolute Gasteiger partial charge is 0.300 e. The highest BCUT2D eigenvalue weighted by Crippen LogP contribution is 2.44. The van der Waals surface area contributed by atoms with Crippen molar-refractivity contribution in [3.8, 4) is 5.75 Å². The molecular weight excluding hydrogens is 390 g/mol. The zero-order valence-electron chi connectivity index (χ0n) is 17.6. The maximum atomic E-state index is 13.3. The molecule has 0 radical (unpaired) electrons. The summed E-state index contributed by atoms with van der Waals surface area (Å²) < 4.78 is 5.38. The molecule has 1 aliphatic heterocycles. The lowest BCUT2D eigenvalue weighted by atomic mass is 9.92. The molecule has 1 N–H and O–H groups in total. The van der Waals surface area contributed by atoms with Crippen molar-refractivity contribution in [1.29, 1.82) is 0 Å². The number of methoxy groups -OCH3 is 1. The molecule has 1 unspecified atom stereocenters. The Morgan fingerprint density at radius 2 is 1.48 bits per heavy atom. The molecule has 5 nitrogen and oxygen atoms in total. The van der Waals surface area contributed by atoms with Crippen LogP contribution >= 0.6 is 0 Å². The van der Waals surface area contributed by atoms with Crippen LogP contribution in [0.3, 0.4) is 0 Å². The Balaban J connectivity index is 2.02. The molecule has 156 valence electrons. The number of carbonyl (C=O) groups is 2. The molecule has 3 aromatic rings. The van der Waals surface area contributed by atoms with Gasteiger partial charge in [-0.15, -0.1) is 0 Å². The topological polar surface area (TPSA) is 66.8 Å². The van der Waals surface area contributed by atoms with E-state index in [1.54, 1.807) is 24.3 Å². The van der Waals surface area contributed by atoms with E-state index in [1.807, 2.05) is 62.4 Å².